The molecule has 3 heteroatoms. The van der Waals surface area contributed by atoms with Crippen LogP contribution >= 0.6 is 0 Å². The zero-order valence-corrected chi connectivity index (χ0v) is 12.1. The van der Waals surface area contributed by atoms with Gasteiger partial charge >= 0.3 is 0 Å². The Kier molecular flexibility index (Phi) is 5.23. The zero-order valence-electron chi connectivity index (χ0n) is 12.1. The van der Waals surface area contributed by atoms with E-state index in [1.54, 1.807) is 12.1 Å². The van der Waals surface area contributed by atoms with E-state index < -0.39 is 0 Å². The first-order valence-electron chi connectivity index (χ1n) is 7.37. The van der Waals surface area contributed by atoms with Gasteiger partial charge in [0, 0.05) is 19.1 Å². The molecule has 0 spiro atoms. The van der Waals surface area contributed by atoms with E-state index in [0.717, 1.165) is 32.1 Å². The van der Waals surface area contributed by atoms with Gasteiger partial charge in [-0.25, -0.2) is 0 Å². The van der Waals surface area contributed by atoms with Gasteiger partial charge < -0.3 is 10.4 Å². The number of hydrogen-bond donors (Lipinski definition) is 2. The molecule has 1 aliphatic rings. The van der Waals surface area contributed by atoms with Crippen molar-refractivity contribution in [1.29, 1.82) is 0 Å². The smallest absolute Gasteiger partial charge is 0.115 e. The molecule has 0 aliphatic carbocycles. The maximum atomic E-state index is 9.33. The monoisotopic (exact) mass is 262 g/mol. The van der Waals surface area contributed by atoms with E-state index in [4.69, 9.17) is 0 Å². The van der Waals surface area contributed by atoms with Crippen LogP contribution in [-0.2, 0) is 6.54 Å². The molecule has 1 saturated heterocycles. The summed E-state index contributed by atoms with van der Waals surface area (Å²) in [5.41, 5.74) is 1.28. The van der Waals surface area contributed by atoms with Crippen molar-refractivity contribution in [2.75, 3.05) is 19.6 Å². The Bertz CT molecular complexity index is 375. The Hall–Kier alpha value is -1.06. The van der Waals surface area contributed by atoms with Gasteiger partial charge in [0.25, 0.3) is 0 Å². The maximum Gasteiger partial charge on any atom is 0.115 e. The summed E-state index contributed by atoms with van der Waals surface area (Å²) in [4.78, 5) is 2.53. The largest absolute Gasteiger partial charge is 0.508 e. The highest BCUT2D eigenvalue weighted by Gasteiger charge is 2.18. The van der Waals surface area contributed by atoms with Crippen LogP contribution in [0.25, 0.3) is 0 Å². The Morgan fingerprint density at radius 1 is 1.32 bits per heavy atom. The van der Waals surface area contributed by atoms with Gasteiger partial charge in [-0.1, -0.05) is 26.0 Å². The van der Waals surface area contributed by atoms with E-state index in [1.165, 1.54) is 18.4 Å². The quantitative estimate of drug-likeness (QED) is 0.875. The van der Waals surface area contributed by atoms with Crippen molar-refractivity contribution in [2.45, 2.75) is 39.3 Å². The summed E-state index contributed by atoms with van der Waals surface area (Å²) < 4.78 is 0. The molecule has 2 rings (SSSR count). The predicted molar refractivity (Wildman–Crippen MR) is 79.2 cm³/mol. The molecule has 1 aromatic carbocycles. The number of rotatable bonds is 4. The van der Waals surface area contributed by atoms with Crippen molar-refractivity contribution in [2.24, 2.45) is 5.92 Å². The molecule has 0 bridgehead atoms. The number of phenolic OH excluding ortho intramolecular Hbond substituents is 1. The van der Waals surface area contributed by atoms with E-state index >= 15 is 0 Å². The van der Waals surface area contributed by atoms with Crippen molar-refractivity contribution in [1.82, 2.24) is 10.2 Å². The fourth-order valence-electron chi connectivity index (χ4n) is 2.81. The first kappa shape index (κ1) is 14.4. The number of nitrogens with zero attached hydrogens (tertiary/aromatic N) is 1. The number of phenols is 1. The van der Waals surface area contributed by atoms with E-state index in [1.807, 2.05) is 12.1 Å². The Balaban J connectivity index is 1.92. The first-order chi connectivity index (χ1) is 9.13. The molecule has 1 atom stereocenters. The van der Waals surface area contributed by atoms with Gasteiger partial charge in [0.15, 0.2) is 0 Å². The van der Waals surface area contributed by atoms with Crippen LogP contribution in [0.15, 0.2) is 24.3 Å². The fourth-order valence-corrected chi connectivity index (χ4v) is 2.81. The van der Waals surface area contributed by atoms with E-state index in [0.29, 0.717) is 11.8 Å². The predicted octanol–water partition coefficient (Wildman–Crippen LogP) is 2.60. The number of aromatic hydroxyl groups is 1. The minimum atomic E-state index is 0.346. The summed E-state index contributed by atoms with van der Waals surface area (Å²) >= 11 is 0. The Morgan fingerprint density at radius 3 is 2.74 bits per heavy atom. The van der Waals surface area contributed by atoms with Gasteiger partial charge in [0.05, 0.1) is 0 Å². The van der Waals surface area contributed by atoms with Gasteiger partial charge in [0.2, 0.25) is 0 Å². The molecule has 0 saturated carbocycles. The lowest BCUT2D eigenvalue weighted by atomic mass is 10.0. The third-order valence-electron chi connectivity index (χ3n) is 3.66. The van der Waals surface area contributed by atoms with Crippen LogP contribution in [0.1, 0.15) is 32.3 Å². The number of benzene rings is 1. The highest BCUT2D eigenvalue weighted by molar-refractivity contribution is 5.25. The zero-order chi connectivity index (χ0) is 13.7. The lowest BCUT2D eigenvalue weighted by Gasteiger charge is -2.25. The Morgan fingerprint density at radius 2 is 2.05 bits per heavy atom. The molecule has 0 aromatic heterocycles. The minimum Gasteiger partial charge on any atom is -0.508 e. The average molecular weight is 262 g/mol. The second kappa shape index (κ2) is 6.92. The lowest BCUT2D eigenvalue weighted by molar-refractivity contribution is 0.247. The molecule has 1 unspecified atom stereocenters. The second-order valence-corrected chi connectivity index (χ2v) is 6.04. The van der Waals surface area contributed by atoms with Crippen LogP contribution in [0.2, 0.25) is 0 Å². The molecular weight excluding hydrogens is 236 g/mol. The van der Waals surface area contributed by atoms with Crippen LogP contribution in [0, 0.1) is 5.92 Å². The third kappa shape index (κ3) is 4.84. The summed E-state index contributed by atoms with van der Waals surface area (Å²) in [7, 11) is 0. The topological polar surface area (TPSA) is 35.5 Å². The van der Waals surface area contributed by atoms with Crippen LogP contribution in [0.3, 0.4) is 0 Å². The molecule has 1 aliphatic heterocycles. The van der Waals surface area contributed by atoms with Crippen molar-refractivity contribution < 1.29 is 5.11 Å². The second-order valence-electron chi connectivity index (χ2n) is 6.04. The summed E-state index contributed by atoms with van der Waals surface area (Å²) in [6, 6.07) is 8.20. The van der Waals surface area contributed by atoms with Crippen molar-refractivity contribution >= 4 is 0 Å². The summed E-state index contributed by atoms with van der Waals surface area (Å²) in [6.45, 7) is 8.97. The van der Waals surface area contributed by atoms with Crippen LogP contribution < -0.4 is 5.32 Å². The van der Waals surface area contributed by atoms with Gasteiger partial charge in [-0.15, -0.1) is 0 Å². The van der Waals surface area contributed by atoms with E-state index in [-0.39, 0.29) is 0 Å². The first-order valence-corrected chi connectivity index (χ1v) is 7.37. The van der Waals surface area contributed by atoms with Gasteiger partial charge in [-0.05, 0) is 49.5 Å². The SMILES string of the molecule is CC(C)CC1CN(Cc2ccc(O)cc2)CCCN1. The highest BCUT2D eigenvalue weighted by Crippen LogP contribution is 2.15. The number of hydrogen-bond acceptors (Lipinski definition) is 3. The van der Waals surface area contributed by atoms with Gasteiger partial charge in [0.1, 0.15) is 5.75 Å². The molecule has 3 nitrogen and oxygen atoms in total. The van der Waals surface area contributed by atoms with Gasteiger partial charge in [-0.2, -0.15) is 0 Å². The molecule has 2 N–H and O–H groups in total. The molecule has 0 radical (unpaired) electrons. The molecule has 0 amide bonds. The van der Waals surface area contributed by atoms with Crippen LogP contribution in [0.5, 0.6) is 5.75 Å². The van der Waals surface area contributed by atoms with E-state index in [2.05, 4.69) is 24.1 Å². The number of nitrogens with one attached hydrogen (secondary N) is 1. The van der Waals surface area contributed by atoms with Crippen molar-refractivity contribution in [3.63, 3.8) is 0 Å². The molecule has 1 aromatic rings. The normalized spacial score (nSPS) is 21.5. The Labute approximate surface area is 116 Å². The minimum absolute atomic E-state index is 0.346. The standard InChI is InChI=1S/C16H26N2O/c1-13(2)10-15-12-18(9-3-8-17-15)11-14-4-6-16(19)7-5-14/h4-7,13,15,17,19H,3,8-12H2,1-2H3. The lowest BCUT2D eigenvalue weighted by Crippen LogP contribution is -2.38. The van der Waals surface area contributed by atoms with Gasteiger partial charge in [-0.3, -0.25) is 4.90 Å². The van der Waals surface area contributed by atoms with Crippen molar-refractivity contribution in [3.8, 4) is 5.75 Å². The molecule has 19 heavy (non-hydrogen) atoms. The molecule has 1 heterocycles. The molecular formula is C16H26N2O. The third-order valence-corrected chi connectivity index (χ3v) is 3.66. The maximum absolute atomic E-state index is 9.33. The van der Waals surface area contributed by atoms with Crippen molar-refractivity contribution in [3.05, 3.63) is 29.8 Å². The summed E-state index contributed by atoms with van der Waals surface area (Å²) in [5, 5.41) is 13.0. The van der Waals surface area contributed by atoms with E-state index in [9.17, 15) is 5.11 Å². The highest BCUT2D eigenvalue weighted by atomic mass is 16.3. The fraction of sp³-hybridized carbons (Fsp3) is 0.625. The summed E-state index contributed by atoms with van der Waals surface area (Å²) in [6.07, 6.45) is 2.46. The van der Waals surface area contributed by atoms with Crippen LogP contribution in [0.4, 0.5) is 0 Å². The van der Waals surface area contributed by atoms with Crippen LogP contribution in [-0.4, -0.2) is 35.7 Å². The molecule has 106 valence electrons. The average Bonchev–Trinajstić information content (AvgIpc) is 2.57. The molecule has 1 fully saturated rings. The summed E-state index contributed by atoms with van der Waals surface area (Å²) in [5.74, 6) is 1.09.